The van der Waals surface area contributed by atoms with Gasteiger partial charge in [-0.3, -0.25) is 4.99 Å². The molecule has 186 valence electrons. The van der Waals surface area contributed by atoms with Crippen LogP contribution in [0, 0.1) is 0 Å². The molecule has 3 heterocycles. The first-order valence-corrected chi connectivity index (χ1v) is 12.0. The van der Waals surface area contributed by atoms with Crippen molar-refractivity contribution >= 4 is 23.8 Å². The molecule has 4 rings (SSSR count). The molecule has 0 saturated heterocycles. The van der Waals surface area contributed by atoms with Gasteiger partial charge in [0, 0.05) is 25.3 Å². The van der Waals surface area contributed by atoms with Gasteiger partial charge in [-0.25, -0.2) is 14.8 Å². The second kappa shape index (κ2) is 9.93. The number of nitrogens with two attached hydrogens (primary N) is 1. The lowest BCUT2D eigenvalue weighted by Crippen LogP contribution is -2.39. The van der Waals surface area contributed by atoms with Gasteiger partial charge in [-0.1, -0.05) is 12.1 Å². The van der Waals surface area contributed by atoms with Crippen molar-refractivity contribution in [2.75, 3.05) is 19.7 Å². The summed E-state index contributed by atoms with van der Waals surface area (Å²) in [5.74, 6) is 2.12. The van der Waals surface area contributed by atoms with Crippen LogP contribution in [-0.4, -0.2) is 64.1 Å². The lowest BCUT2D eigenvalue weighted by molar-refractivity contribution is 0.0270. The zero-order valence-corrected chi connectivity index (χ0v) is 21.1. The van der Waals surface area contributed by atoms with Crippen molar-refractivity contribution < 1.29 is 14.3 Å². The second-order valence-corrected chi connectivity index (χ2v) is 9.93. The first-order chi connectivity index (χ1) is 16.6. The summed E-state index contributed by atoms with van der Waals surface area (Å²) >= 11 is 0. The quantitative estimate of drug-likeness (QED) is 0.528. The molecule has 1 aromatic carbocycles. The van der Waals surface area contributed by atoms with Gasteiger partial charge in [-0.2, -0.15) is 0 Å². The van der Waals surface area contributed by atoms with Crippen molar-refractivity contribution in [3.8, 4) is 17.1 Å². The summed E-state index contributed by atoms with van der Waals surface area (Å²) in [6, 6.07) is 6.27. The number of nitrogens with zero attached hydrogens (tertiary/aromatic N) is 5. The summed E-state index contributed by atoms with van der Waals surface area (Å²) in [6.45, 7) is 12.0. The number of fused-ring (bicyclic) bond motifs is 3. The lowest BCUT2D eigenvalue weighted by Gasteiger charge is -2.29. The molecule has 1 aromatic heterocycles. The molecule has 0 bridgehead atoms. The monoisotopic (exact) mass is 478 g/mol. The van der Waals surface area contributed by atoms with E-state index in [1.165, 1.54) is 11.9 Å². The average molecular weight is 479 g/mol. The van der Waals surface area contributed by atoms with Gasteiger partial charge >= 0.3 is 6.09 Å². The fraction of sp³-hybridized carbons (Fsp3) is 0.462. The number of benzene rings is 1. The summed E-state index contributed by atoms with van der Waals surface area (Å²) in [5.41, 5.74) is 8.92. The number of hydrogen-bond donors (Lipinski definition) is 1. The Hall–Kier alpha value is -3.62. The first-order valence-electron chi connectivity index (χ1n) is 12.0. The van der Waals surface area contributed by atoms with Gasteiger partial charge in [-0.15, -0.1) is 0 Å². The predicted octanol–water partition coefficient (Wildman–Crippen LogP) is 4.11. The van der Waals surface area contributed by atoms with E-state index in [1.807, 2.05) is 46.9 Å². The van der Waals surface area contributed by atoms with Crippen molar-refractivity contribution in [1.82, 2.24) is 14.5 Å². The topological polar surface area (TPSA) is 107 Å². The lowest BCUT2D eigenvalue weighted by atomic mass is 9.97. The Bertz CT molecular complexity index is 1190. The van der Waals surface area contributed by atoms with Crippen molar-refractivity contribution in [3.63, 3.8) is 0 Å². The van der Waals surface area contributed by atoms with Gasteiger partial charge in [0.15, 0.2) is 5.84 Å². The van der Waals surface area contributed by atoms with Gasteiger partial charge < -0.3 is 24.7 Å². The highest BCUT2D eigenvalue weighted by Gasteiger charge is 2.25. The molecule has 1 amide bonds. The van der Waals surface area contributed by atoms with Crippen LogP contribution in [0.2, 0.25) is 0 Å². The molecule has 9 nitrogen and oxygen atoms in total. The molecule has 2 aliphatic rings. The predicted molar refractivity (Wildman–Crippen MR) is 138 cm³/mol. The van der Waals surface area contributed by atoms with E-state index >= 15 is 0 Å². The number of aliphatic imine (C=N–C) groups is 2. The van der Waals surface area contributed by atoms with Crippen molar-refractivity contribution in [1.29, 1.82) is 0 Å². The van der Waals surface area contributed by atoms with Crippen molar-refractivity contribution in [3.05, 3.63) is 41.7 Å². The summed E-state index contributed by atoms with van der Waals surface area (Å²) in [4.78, 5) is 27.7. The molecule has 0 radical (unpaired) electrons. The molecular weight excluding hydrogens is 444 g/mol. The zero-order chi connectivity index (χ0) is 25.2. The third-order valence-electron chi connectivity index (χ3n) is 5.63. The van der Waals surface area contributed by atoms with Crippen LogP contribution in [0.25, 0.3) is 17.0 Å². The van der Waals surface area contributed by atoms with Crippen LogP contribution < -0.4 is 10.5 Å². The Labute approximate surface area is 206 Å². The van der Waals surface area contributed by atoms with Crippen LogP contribution in [-0.2, 0) is 11.3 Å². The molecule has 0 saturated carbocycles. The SMILES string of the molecule is CC(C)N=C(N=CN)c1cn2c(n1)-c1ccc(C3=CCN(C(=O)OC(C)(C)C)CC3)cc1OCC2. The van der Waals surface area contributed by atoms with Gasteiger partial charge in [0.1, 0.15) is 29.5 Å². The Morgan fingerprint density at radius 1 is 1.29 bits per heavy atom. The van der Waals surface area contributed by atoms with Crippen LogP contribution in [0.1, 0.15) is 52.3 Å². The number of amidine groups is 1. The minimum atomic E-state index is -0.501. The van der Waals surface area contributed by atoms with Crippen LogP contribution in [0.4, 0.5) is 4.79 Å². The minimum Gasteiger partial charge on any atom is -0.491 e. The third kappa shape index (κ3) is 5.72. The second-order valence-electron chi connectivity index (χ2n) is 9.93. The Morgan fingerprint density at radius 3 is 2.74 bits per heavy atom. The highest BCUT2D eigenvalue weighted by molar-refractivity contribution is 6.01. The van der Waals surface area contributed by atoms with Crippen molar-refractivity contribution in [2.24, 2.45) is 15.7 Å². The van der Waals surface area contributed by atoms with Gasteiger partial charge in [0.05, 0.1) is 18.4 Å². The number of hydrogen-bond acceptors (Lipinski definition) is 5. The Kier molecular flexibility index (Phi) is 6.95. The maximum atomic E-state index is 12.4. The number of ether oxygens (including phenoxy) is 2. The molecule has 0 spiro atoms. The van der Waals surface area contributed by atoms with E-state index in [-0.39, 0.29) is 12.1 Å². The van der Waals surface area contributed by atoms with E-state index in [2.05, 4.69) is 32.8 Å². The van der Waals surface area contributed by atoms with Crippen LogP contribution in [0.15, 0.2) is 40.5 Å². The molecule has 2 aromatic rings. The fourth-order valence-corrected chi connectivity index (χ4v) is 4.09. The maximum absolute atomic E-state index is 12.4. The molecule has 0 unspecified atom stereocenters. The van der Waals surface area contributed by atoms with Crippen molar-refractivity contribution in [2.45, 2.75) is 59.2 Å². The first kappa shape index (κ1) is 24.5. The van der Waals surface area contributed by atoms with E-state index in [1.54, 1.807) is 4.90 Å². The van der Waals surface area contributed by atoms with E-state index in [9.17, 15) is 4.79 Å². The summed E-state index contributed by atoms with van der Waals surface area (Å²) < 4.78 is 13.7. The molecular formula is C26H34N6O3. The molecule has 2 aliphatic heterocycles. The normalized spacial score (nSPS) is 16.5. The molecule has 0 atom stereocenters. The smallest absolute Gasteiger partial charge is 0.410 e. The molecule has 0 fully saturated rings. The Morgan fingerprint density at radius 2 is 2.09 bits per heavy atom. The van der Waals surface area contributed by atoms with E-state index in [4.69, 9.17) is 20.2 Å². The number of rotatable bonds is 3. The molecule has 0 aliphatic carbocycles. The van der Waals surface area contributed by atoms with Crippen LogP contribution >= 0.6 is 0 Å². The number of carbonyl (C=O) groups excluding carboxylic acids is 1. The van der Waals surface area contributed by atoms with Crippen LogP contribution in [0.3, 0.4) is 0 Å². The number of carbonyl (C=O) groups is 1. The summed E-state index contributed by atoms with van der Waals surface area (Å²) in [5, 5.41) is 0. The number of amides is 1. The largest absolute Gasteiger partial charge is 0.491 e. The average Bonchev–Trinajstić information content (AvgIpc) is 3.14. The van der Waals surface area contributed by atoms with E-state index in [0.29, 0.717) is 37.8 Å². The number of imidazole rings is 1. The fourth-order valence-electron chi connectivity index (χ4n) is 4.09. The Balaban J connectivity index is 1.58. The summed E-state index contributed by atoms with van der Waals surface area (Å²) in [7, 11) is 0. The van der Waals surface area contributed by atoms with E-state index < -0.39 is 5.60 Å². The zero-order valence-electron chi connectivity index (χ0n) is 21.1. The van der Waals surface area contributed by atoms with Crippen LogP contribution in [0.5, 0.6) is 5.75 Å². The molecule has 9 heteroatoms. The highest BCUT2D eigenvalue weighted by atomic mass is 16.6. The standard InChI is InChI=1S/C26H34N6O3/c1-17(2)29-23(28-16-27)21-15-32-12-13-34-22-14-19(6-7-20(22)24(32)30-21)18-8-10-31(11-9-18)25(33)35-26(3,4)5/h6-8,14-17H,9-13H2,1-5H3,(H2,27,28,29). The molecule has 35 heavy (non-hydrogen) atoms. The third-order valence-corrected chi connectivity index (χ3v) is 5.63. The van der Waals surface area contributed by atoms with Gasteiger partial charge in [0.2, 0.25) is 0 Å². The maximum Gasteiger partial charge on any atom is 0.410 e. The minimum absolute atomic E-state index is 0.0726. The number of aromatic nitrogens is 2. The molecule has 2 N–H and O–H groups in total. The van der Waals surface area contributed by atoms with Gasteiger partial charge in [0.25, 0.3) is 0 Å². The van der Waals surface area contributed by atoms with Gasteiger partial charge in [-0.05, 0) is 64.3 Å². The van der Waals surface area contributed by atoms with E-state index in [0.717, 1.165) is 29.1 Å². The summed E-state index contributed by atoms with van der Waals surface area (Å²) in [6.07, 6.45) is 5.76. The highest BCUT2D eigenvalue weighted by Crippen LogP contribution is 2.36.